The lowest BCUT2D eigenvalue weighted by molar-refractivity contribution is -0.104. The number of hydrogen-bond acceptors (Lipinski definition) is 7. The number of ether oxygens (including phenoxy) is 2. The number of nitriles is 1. The fourth-order valence-electron chi connectivity index (χ4n) is 3.06. The molecular weight excluding hydrogens is 394 g/mol. The third-order valence-corrected chi connectivity index (χ3v) is 4.94. The summed E-state index contributed by atoms with van der Waals surface area (Å²) in [5.74, 6) is 0.968. The lowest BCUT2D eigenvalue weighted by Crippen LogP contribution is -2.25. The van der Waals surface area contributed by atoms with Gasteiger partial charge in [-0.2, -0.15) is 5.26 Å². The highest BCUT2D eigenvalue weighted by molar-refractivity contribution is 6.30. The number of aldehydes is 1. The molecule has 0 bridgehead atoms. The molecule has 162 valence electrons. The number of aliphatic hydroxyl groups is 1. The molecule has 0 spiro atoms. The summed E-state index contributed by atoms with van der Waals surface area (Å²) in [6.45, 7) is 7.26. The van der Waals surface area contributed by atoms with E-state index in [1.54, 1.807) is 27.0 Å². The van der Waals surface area contributed by atoms with Crippen molar-refractivity contribution in [2.45, 2.75) is 34.1 Å². The van der Waals surface area contributed by atoms with Crippen molar-refractivity contribution >= 4 is 17.9 Å². The van der Waals surface area contributed by atoms with Crippen molar-refractivity contribution in [3.63, 3.8) is 0 Å². The van der Waals surface area contributed by atoms with Crippen molar-refractivity contribution in [3.8, 4) is 6.07 Å². The molecule has 7 nitrogen and oxygen atoms in total. The number of carbonyl (C=O) groups excluding carboxylic acids is 1. The van der Waals surface area contributed by atoms with Gasteiger partial charge >= 0.3 is 0 Å². The van der Waals surface area contributed by atoms with Crippen LogP contribution in [0.2, 0.25) is 0 Å². The third kappa shape index (κ3) is 5.36. The summed E-state index contributed by atoms with van der Waals surface area (Å²) in [7, 11) is 1.57. The Bertz CT molecular complexity index is 1040. The molecule has 2 rings (SSSR count). The van der Waals surface area contributed by atoms with Crippen molar-refractivity contribution in [3.05, 3.63) is 69.3 Å². The minimum Gasteiger partial charge on any atom is -0.496 e. The topological polar surface area (TPSA) is 104 Å². The van der Waals surface area contributed by atoms with Gasteiger partial charge in [-0.05, 0) is 51.5 Å². The van der Waals surface area contributed by atoms with Gasteiger partial charge in [-0.3, -0.25) is 9.79 Å². The SMILES string of the molecule is CCOC1=NC=C(CO)C(=N/C(C)=C(\C)C=O)/C1=C(\C)C1=CC=C(C#N)CC=C1OC. The van der Waals surface area contributed by atoms with E-state index in [4.69, 9.17) is 9.47 Å². The van der Waals surface area contributed by atoms with E-state index in [1.165, 1.54) is 6.20 Å². The van der Waals surface area contributed by atoms with E-state index >= 15 is 0 Å². The van der Waals surface area contributed by atoms with Crippen LogP contribution in [-0.4, -0.2) is 43.3 Å². The molecule has 0 aromatic heterocycles. The molecule has 0 radical (unpaired) electrons. The molecule has 1 aliphatic carbocycles. The lowest BCUT2D eigenvalue weighted by Gasteiger charge is -2.23. The van der Waals surface area contributed by atoms with E-state index in [2.05, 4.69) is 16.1 Å². The Morgan fingerprint density at radius 1 is 1.35 bits per heavy atom. The smallest absolute Gasteiger partial charge is 0.223 e. The first kappa shape index (κ1) is 23.8. The van der Waals surface area contributed by atoms with Gasteiger partial charge in [0.05, 0.1) is 37.7 Å². The lowest BCUT2D eigenvalue weighted by atomic mass is 9.91. The largest absolute Gasteiger partial charge is 0.496 e. The van der Waals surface area contributed by atoms with Crippen LogP contribution in [0.15, 0.2) is 79.3 Å². The maximum absolute atomic E-state index is 11.2. The van der Waals surface area contributed by atoms with Gasteiger partial charge in [-0.1, -0.05) is 0 Å². The maximum Gasteiger partial charge on any atom is 0.223 e. The van der Waals surface area contributed by atoms with Gasteiger partial charge in [0.2, 0.25) is 5.90 Å². The number of allylic oxidation sites excluding steroid dienone is 7. The number of rotatable bonds is 6. The average molecular weight is 421 g/mol. The average Bonchev–Trinajstić information content (AvgIpc) is 3.00. The Morgan fingerprint density at radius 3 is 2.68 bits per heavy atom. The number of methoxy groups -OCH3 is 1. The van der Waals surface area contributed by atoms with E-state index in [-0.39, 0.29) is 6.61 Å². The first-order chi connectivity index (χ1) is 14.9. The van der Waals surface area contributed by atoms with Gasteiger partial charge in [0.15, 0.2) is 0 Å². The molecule has 0 amide bonds. The summed E-state index contributed by atoms with van der Waals surface area (Å²) >= 11 is 0. The first-order valence-corrected chi connectivity index (χ1v) is 9.91. The van der Waals surface area contributed by atoms with Crippen LogP contribution in [0.1, 0.15) is 34.1 Å². The second kappa shape index (κ2) is 11.0. The molecule has 1 N–H and O–H groups in total. The summed E-state index contributed by atoms with van der Waals surface area (Å²) in [6.07, 6.45) is 8.14. The monoisotopic (exact) mass is 421 g/mol. The molecule has 0 saturated heterocycles. The van der Waals surface area contributed by atoms with Crippen LogP contribution in [0, 0.1) is 11.3 Å². The highest BCUT2D eigenvalue weighted by Gasteiger charge is 2.27. The zero-order valence-corrected chi connectivity index (χ0v) is 18.5. The third-order valence-electron chi connectivity index (χ3n) is 4.94. The van der Waals surface area contributed by atoms with E-state index in [0.29, 0.717) is 58.4 Å². The van der Waals surface area contributed by atoms with Crippen LogP contribution in [0.3, 0.4) is 0 Å². The Balaban J connectivity index is 2.84. The summed E-state index contributed by atoms with van der Waals surface area (Å²) in [4.78, 5) is 20.3. The highest BCUT2D eigenvalue weighted by Crippen LogP contribution is 2.31. The van der Waals surface area contributed by atoms with Crippen LogP contribution >= 0.6 is 0 Å². The van der Waals surface area contributed by atoms with Gasteiger partial charge < -0.3 is 14.6 Å². The summed E-state index contributed by atoms with van der Waals surface area (Å²) < 4.78 is 11.4. The normalized spacial score (nSPS) is 20.2. The van der Waals surface area contributed by atoms with Crippen molar-refractivity contribution in [1.82, 2.24) is 0 Å². The van der Waals surface area contributed by atoms with Crippen molar-refractivity contribution < 1.29 is 19.4 Å². The molecule has 0 unspecified atom stereocenters. The molecule has 0 saturated carbocycles. The first-order valence-electron chi connectivity index (χ1n) is 9.91. The van der Waals surface area contributed by atoms with Gasteiger partial charge in [0, 0.05) is 40.6 Å². The van der Waals surface area contributed by atoms with E-state index < -0.39 is 0 Å². The molecule has 1 aliphatic heterocycles. The second-order valence-corrected chi connectivity index (χ2v) is 6.89. The quantitative estimate of drug-likeness (QED) is 0.518. The minimum atomic E-state index is -0.281. The highest BCUT2D eigenvalue weighted by atomic mass is 16.5. The van der Waals surface area contributed by atoms with Crippen LogP contribution in [0.5, 0.6) is 0 Å². The number of aliphatic hydroxyl groups excluding tert-OH is 1. The molecule has 1 heterocycles. The number of aliphatic imine (C=N–C) groups is 2. The molecule has 0 aromatic carbocycles. The predicted octanol–water partition coefficient (Wildman–Crippen LogP) is 3.87. The zero-order chi connectivity index (χ0) is 23.0. The molecule has 0 aromatic rings. The fraction of sp³-hybridized carbons (Fsp3) is 0.333. The Labute approximate surface area is 182 Å². The molecule has 0 atom stereocenters. The minimum absolute atomic E-state index is 0.281. The van der Waals surface area contributed by atoms with Crippen molar-refractivity contribution in [1.29, 1.82) is 5.26 Å². The van der Waals surface area contributed by atoms with Crippen molar-refractivity contribution in [2.24, 2.45) is 9.98 Å². The van der Waals surface area contributed by atoms with Crippen LogP contribution < -0.4 is 0 Å². The second-order valence-electron chi connectivity index (χ2n) is 6.89. The summed E-state index contributed by atoms with van der Waals surface area (Å²) in [5.41, 5.74) is 4.68. The van der Waals surface area contributed by atoms with Gasteiger partial charge in [-0.15, -0.1) is 0 Å². The Hall–Kier alpha value is -3.50. The molecule has 0 fully saturated rings. The molecular formula is C24H27N3O4. The van der Waals surface area contributed by atoms with Gasteiger partial charge in [0.1, 0.15) is 12.0 Å². The Morgan fingerprint density at radius 2 is 2.10 bits per heavy atom. The van der Waals surface area contributed by atoms with Crippen molar-refractivity contribution in [2.75, 3.05) is 20.3 Å². The van der Waals surface area contributed by atoms with E-state index in [9.17, 15) is 15.2 Å². The van der Waals surface area contributed by atoms with E-state index in [0.717, 1.165) is 17.4 Å². The van der Waals surface area contributed by atoms with Crippen LogP contribution in [-0.2, 0) is 14.3 Å². The van der Waals surface area contributed by atoms with Gasteiger partial charge in [-0.25, -0.2) is 4.99 Å². The number of carbonyl (C=O) groups is 1. The summed E-state index contributed by atoms with van der Waals surface area (Å²) in [5, 5.41) is 19.2. The van der Waals surface area contributed by atoms with E-state index in [1.807, 2.05) is 26.0 Å². The predicted molar refractivity (Wildman–Crippen MR) is 120 cm³/mol. The standard InChI is InChI=1S/C24H27N3O4/c1-6-31-24-22(16(3)20-9-7-18(11-25)8-10-21(20)30-5)23(19(14-29)12-26-24)27-17(4)15(2)13-28/h7,9-10,12-13,29H,6,8,14H2,1-5H3/b17-15+,22-16-,27-23-. The Kier molecular flexibility index (Phi) is 8.47. The van der Waals surface area contributed by atoms with Crippen LogP contribution in [0.25, 0.3) is 0 Å². The maximum atomic E-state index is 11.2. The molecule has 2 aliphatic rings. The van der Waals surface area contributed by atoms with Crippen LogP contribution in [0.4, 0.5) is 0 Å². The number of hydrogen-bond donors (Lipinski definition) is 1. The molecule has 31 heavy (non-hydrogen) atoms. The van der Waals surface area contributed by atoms with Gasteiger partial charge in [0.25, 0.3) is 0 Å². The fourth-order valence-corrected chi connectivity index (χ4v) is 3.06. The molecule has 7 heteroatoms. The summed E-state index contributed by atoms with van der Waals surface area (Å²) in [6, 6.07) is 2.17. The number of nitrogens with zero attached hydrogens (tertiary/aromatic N) is 3. The zero-order valence-electron chi connectivity index (χ0n) is 18.5.